The molecule has 1 aromatic rings. The zero-order valence-electron chi connectivity index (χ0n) is 12.4. The van der Waals surface area contributed by atoms with Crippen LogP contribution in [-0.4, -0.2) is 50.3 Å². The van der Waals surface area contributed by atoms with Crippen LogP contribution in [0.4, 0.5) is 4.39 Å². The molecule has 1 saturated heterocycles. The summed E-state index contributed by atoms with van der Waals surface area (Å²) in [5, 5.41) is 3.30. The van der Waals surface area contributed by atoms with Crippen molar-refractivity contribution in [3.63, 3.8) is 0 Å². The molecule has 5 nitrogen and oxygen atoms in total. The van der Waals surface area contributed by atoms with Crippen LogP contribution in [0.25, 0.3) is 0 Å². The standard InChI is InChI=1S/C13H19ClFN3O2S.ClH/c1-16-10-6-7-18(8-10)21(19,20)17(2)9-11-12(14)4-3-5-13(11)15;/h3-5,10,16H,6-9H2,1-2H3;1H. The Balaban J connectivity index is 0.00000242. The van der Waals surface area contributed by atoms with Gasteiger partial charge in [-0.3, -0.25) is 0 Å². The predicted octanol–water partition coefficient (Wildman–Crippen LogP) is 1.87. The van der Waals surface area contributed by atoms with E-state index in [2.05, 4.69) is 5.32 Å². The Hall–Kier alpha value is -0.440. The number of likely N-dealkylation sites (N-methyl/N-ethyl adjacent to an activating group) is 1. The Morgan fingerprint density at radius 2 is 2.18 bits per heavy atom. The molecule has 22 heavy (non-hydrogen) atoms. The van der Waals surface area contributed by atoms with Gasteiger partial charge in [-0.05, 0) is 25.6 Å². The van der Waals surface area contributed by atoms with E-state index >= 15 is 0 Å². The van der Waals surface area contributed by atoms with E-state index in [-0.39, 0.29) is 35.6 Å². The molecule has 1 fully saturated rings. The van der Waals surface area contributed by atoms with Crippen molar-refractivity contribution in [2.75, 3.05) is 27.2 Å². The molecule has 1 unspecified atom stereocenters. The first-order valence-electron chi connectivity index (χ1n) is 6.68. The molecule has 1 aromatic carbocycles. The van der Waals surface area contributed by atoms with Crippen molar-refractivity contribution in [1.82, 2.24) is 13.9 Å². The summed E-state index contributed by atoms with van der Waals surface area (Å²) >= 11 is 5.94. The third-order valence-corrected chi connectivity index (χ3v) is 5.98. The van der Waals surface area contributed by atoms with Crippen LogP contribution >= 0.6 is 24.0 Å². The summed E-state index contributed by atoms with van der Waals surface area (Å²) in [7, 11) is -0.368. The summed E-state index contributed by atoms with van der Waals surface area (Å²) in [6.45, 7) is 0.798. The van der Waals surface area contributed by atoms with Gasteiger partial charge >= 0.3 is 0 Å². The van der Waals surface area contributed by atoms with Crippen LogP contribution in [0.15, 0.2) is 18.2 Å². The molecule has 0 amide bonds. The van der Waals surface area contributed by atoms with Gasteiger partial charge in [0.15, 0.2) is 0 Å². The molecule has 1 heterocycles. The number of nitrogens with zero attached hydrogens (tertiary/aromatic N) is 2. The van der Waals surface area contributed by atoms with Crippen LogP contribution in [0.1, 0.15) is 12.0 Å². The van der Waals surface area contributed by atoms with E-state index in [4.69, 9.17) is 11.6 Å². The second-order valence-corrected chi connectivity index (χ2v) is 7.54. The SMILES string of the molecule is CNC1CCN(S(=O)(=O)N(C)Cc2c(F)cccc2Cl)C1.Cl. The van der Waals surface area contributed by atoms with E-state index in [1.807, 2.05) is 7.05 Å². The van der Waals surface area contributed by atoms with Crippen LogP contribution in [0.5, 0.6) is 0 Å². The van der Waals surface area contributed by atoms with E-state index in [0.29, 0.717) is 13.1 Å². The Morgan fingerprint density at radius 3 is 2.73 bits per heavy atom. The van der Waals surface area contributed by atoms with Crippen molar-refractivity contribution in [1.29, 1.82) is 0 Å². The van der Waals surface area contributed by atoms with Gasteiger partial charge in [-0.25, -0.2) is 4.39 Å². The average Bonchev–Trinajstić information content (AvgIpc) is 2.92. The van der Waals surface area contributed by atoms with E-state index in [1.165, 1.54) is 23.5 Å². The topological polar surface area (TPSA) is 52.7 Å². The highest BCUT2D eigenvalue weighted by atomic mass is 35.5. The van der Waals surface area contributed by atoms with Crippen molar-refractivity contribution in [3.05, 3.63) is 34.6 Å². The summed E-state index contributed by atoms with van der Waals surface area (Å²) in [6, 6.07) is 4.47. The van der Waals surface area contributed by atoms with E-state index in [0.717, 1.165) is 10.7 Å². The molecular formula is C13H20Cl2FN3O2S. The lowest BCUT2D eigenvalue weighted by Gasteiger charge is -2.24. The first kappa shape index (κ1) is 19.6. The predicted molar refractivity (Wildman–Crippen MR) is 88.1 cm³/mol. The Morgan fingerprint density at radius 1 is 1.50 bits per heavy atom. The molecule has 1 N–H and O–H groups in total. The quantitative estimate of drug-likeness (QED) is 0.859. The number of hydrogen-bond donors (Lipinski definition) is 1. The molecule has 1 aliphatic rings. The number of hydrogen-bond acceptors (Lipinski definition) is 3. The van der Waals surface area contributed by atoms with Crippen LogP contribution in [-0.2, 0) is 16.8 Å². The highest BCUT2D eigenvalue weighted by molar-refractivity contribution is 7.86. The maximum Gasteiger partial charge on any atom is 0.282 e. The first-order valence-corrected chi connectivity index (χ1v) is 8.45. The molecule has 9 heteroatoms. The lowest BCUT2D eigenvalue weighted by atomic mass is 10.2. The molecular weight excluding hydrogens is 352 g/mol. The molecule has 0 radical (unpaired) electrons. The van der Waals surface area contributed by atoms with Crippen molar-refractivity contribution in [2.45, 2.75) is 19.0 Å². The van der Waals surface area contributed by atoms with E-state index < -0.39 is 16.0 Å². The van der Waals surface area contributed by atoms with Crippen molar-refractivity contribution in [3.8, 4) is 0 Å². The molecule has 126 valence electrons. The van der Waals surface area contributed by atoms with Crippen LogP contribution in [0.3, 0.4) is 0 Å². The highest BCUT2D eigenvalue weighted by Crippen LogP contribution is 2.23. The molecule has 2 rings (SSSR count). The zero-order valence-corrected chi connectivity index (χ0v) is 14.8. The van der Waals surface area contributed by atoms with Crippen molar-refractivity contribution < 1.29 is 12.8 Å². The van der Waals surface area contributed by atoms with Crippen LogP contribution in [0, 0.1) is 5.82 Å². The minimum atomic E-state index is -3.61. The second kappa shape index (κ2) is 7.90. The van der Waals surface area contributed by atoms with Gasteiger partial charge in [0.1, 0.15) is 5.82 Å². The number of halogens is 3. The maximum atomic E-state index is 13.8. The molecule has 0 aromatic heterocycles. The summed E-state index contributed by atoms with van der Waals surface area (Å²) in [6.07, 6.45) is 0.768. The van der Waals surface area contributed by atoms with Crippen molar-refractivity contribution in [2.24, 2.45) is 0 Å². The lowest BCUT2D eigenvalue weighted by molar-refractivity contribution is 0.383. The third kappa shape index (κ3) is 4.10. The smallest absolute Gasteiger partial charge is 0.282 e. The van der Waals surface area contributed by atoms with Gasteiger partial charge in [-0.2, -0.15) is 17.0 Å². The zero-order chi connectivity index (χ0) is 15.6. The Bertz CT molecular complexity index is 595. The minimum absolute atomic E-state index is 0. The fourth-order valence-electron chi connectivity index (χ4n) is 2.36. The molecule has 1 atom stereocenters. The van der Waals surface area contributed by atoms with Gasteiger partial charge in [0.2, 0.25) is 0 Å². The highest BCUT2D eigenvalue weighted by Gasteiger charge is 2.33. The molecule has 0 aliphatic carbocycles. The summed E-state index contributed by atoms with van der Waals surface area (Å²) < 4.78 is 41.3. The van der Waals surface area contributed by atoms with E-state index in [9.17, 15) is 12.8 Å². The third-order valence-electron chi connectivity index (χ3n) is 3.72. The van der Waals surface area contributed by atoms with Crippen LogP contribution in [0.2, 0.25) is 5.02 Å². The lowest BCUT2D eigenvalue weighted by Crippen LogP contribution is -2.41. The fraction of sp³-hybridized carbons (Fsp3) is 0.538. The van der Waals surface area contributed by atoms with E-state index in [1.54, 1.807) is 6.07 Å². The van der Waals surface area contributed by atoms with Gasteiger partial charge < -0.3 is 5.32 Å². The minimum Gasteiger partial charge on any atom is -0.316 e. The fourth-order valence-corrected chi connectivity index (χ4v) is 3.97. The van der Waals surface area contributed by atoms with Gasteiger partial charge in [0.05, 0.1) is 0 Å². The number of rotatable bonds is 5. The van der Waals surface area contributed by atoms with Crippen molar-refractivity contribution >= 4 is 34.2 Å². The second-order valence-electron chi connectivity index (χ2n) is 5.10. The first-order chi connectivity index (χ1) is 9.86. The summed E-state index contributed by atoms with van der Waals surface area (Å²) in [5.41, 5.74) is 0.189. The van der Waals surface area contributed by atoms with Gasteiger partial charge in [0.25, 0.3) is 10.2 Å². The Labute approximate surface area is 142 Å². The monoisotopic (exact) mass is 371 g/mol. The van der Waals surface area contributed by atoms with Gasteiger partial charge in [0, 0.05) is 43.3 Å². The van der Waals surface area contributed by atoms with Gasteiger partial charge in [-0.15, -0.1) is 12.4 Å². The molecule has 0 spiro atoms. The molecule has 0 bridgehead atoms. The molecule has 0 saturated carbocycles. The summed E-state index contributed by atoms with van der Waals surface area (Å²) in [5.74, 6) is -0.501. The molecule has 1 aliphatic heterocycles. The largest absolute Gasteiger partial charge is 0.316 e. The number of nitrogens with one attached hydrogen (secondary N) is 1. The maximum absolute atomic E-state index is 13.8. The van der Waals surface area contributed by atoms with Gasteiger partial charge in [-0.1, -0.05) is 17.7 Å². The average molecular weight is 372 g/mol. The Kier molecular flexibility index (Phi) is 7.04. The summed E-state index contributed by atoms with van der Waals surface area (Å²) in [4.78, 5) is 0. The number of benzene rings is 1. The normalized spacial score (nSPS) is 19.4. The van der Waals surface area contributed by atoms with Crippen LogP contribution < -0.4 is 5.32 Å².